The average Bonchev–Trinajstić information content (AvgIpc) is 3.08. The fourth-order valence-electron chi connectivity index (χ4n) is 3.98. The van der Waals surface area contributed by atoms with Crippen LogP contribution in [0.4, 0.5) is 0 Å². The number of aryl methyl sites for hydroxylation is 2. The summed E-state index contributed by atoms with van der Waals surface area (Å²) in [7, 11) is 0. The van der Waals surface area contributed by atoms with Gasteiger partial charge in [-0.1, -0.05) is 12.8 Å². The van der Waals surface area contributed by atoms with Gasteiger partial charge in [-0.2, -0.15) is 0 Å². The number of aromatic nitrogens is 1. The van der Waals surface area contributed by atoms with Crippen molar-refractivity contribution in [1.82, 2.24) is 9.88 Å². The van der Waals surface area contributed by atoms with E-state index in [2.05, 4.69) is 4.90 Å². The van der Waals surface area contributed by atoms with Gasteiger partial charge in [0.25, 0.3) is 0 Å². The zero-order valence-corrected chi connectivity index (χ0v) is 12.3. The number of hydrogen-bond acceptors (Lipinski definition) is 4. The van der Waals surface area contributed by atoms with Crippen LogP contribution in [0.5, 0.6) is 0 Å². The number of hydrogen-bond donors (Lipinski definition) is 0. The molecule has 4 heteroatoms. The van der Waals surface area contributed by atoms with Crippen molar-refractivity contribution in [2.75, 3.05) is 19.8 Å². The number of ether oxygens (including phenoxy) is 1. The van der Waals surface area contributed by atoms with E-state index in [1.165, 1.54) is 55.6 Å². The minimum absolute atomic E-state index is 0.342. The Balaban J connectivity index is 1.53. The Kier molecular flexibility index (Phi) is 3.13. The molecular formula is C15H22N2OS. The summed E-state index contributed by atoms with van der Waals surface area (Å²) in [5, 5.41) is 1.35. The molecule has 3 nitrogen and oxygen atoms in total. The first-order valence-corrected chi connectivity index (χ1v) is 8.48. The van der Waals surface area contributed by atoms with E-state index in [1.54, 1.807) is 4.88 Å². The molecule has 2 aliphatic carbocycles. The van der Waals surface area contributed by atoms with E-state index < -0.39 is 0 Å². The molecule has 2 fully saturated rings. The zero-order chi connectivity index (χ0) is 12.7. The van der Waals surface area contributed by atoms with E-state index >= 15 is 0 Å². The predicted octanol–water partition coefficient (Wildman–Crippen LogP) is 2.78. The van der Waals surface area contributed by atoms with E-state index in [-0.39, 0.29) is 0 Å². The zero-order valence-electron chi connectivity index (χ0n) is 11.5. The molecule has 0 atom stereocenters. The minimum atomic E-state index is 0.342. The number of thiazole rings is 1. The monoisotopic (exact) mass is 278 g/mol. The maximum Gasteiger partial charge on any atom is 0.107 e. The van der Waals surface area contributed by atoms with Crippen molar-refractivity contribution in [3.63, 3.8) is 0 Å². The van der Waals surface area contributed by atoms with Crippen molar-refractivity contribution in [3.8, 4) is 0 Å². The minimum Gasteiger partial charge on any atom is -0.378 e. The lowest BCUT2D eigenvalue weighted by Gasteiger charge is -2.44. The molecule has 1 aromatic rings. The van der Waals surface area contributed by atoms with Crippen LogP contribution in [0.1, 0.15) is 47.7 Å². The first kappa shape index (κ1) is 12.3. The Labute approximate surface area is 119 Å². The lowest BCUT2D eigenvalue weighted by Crippen LogP contribution is -2.54. The Morgan fingerprint density at radius 1 is 1.21 bits per heavy atom. The highest BCUT2D eigenvalue weighted by Crippen LogP contribution is 2.39. The highest BCUT2D eigenvalue weighted by Gasteiger charge is 2.42. The Morgan fingerprint density at radius 3 is 2.95 bits per heavy atom. The molecule has 0 N–H and O–H groups in total. The number of rotatable bonds is 2. The average molecular weight is 278 g/mol. The largest absolute Gasteiger partial charge is 0.378 e. The second-order valence-corrected chi connectivity index (χ2v) is 7.40. The van der Waals surface area contributed by atoms with Gasteiger partial charge in [0.2, 0.25) is 0 Å². The molecule has 0 radical (unpaired) electrons. The molecule has 1 spiro atoms. The van der Waals surface area contributed by atoms with Gasteiger partial charge >= 0.3 is 0 Å². The van der Waals surface area contributed by atoms with Gasteiger partial charge in [0, 0.05) is 17.0 Å². The van der Waals surface area contributed by atoms with E-state index in [1.807, 2.05) is 11.3 Å². The smallest absolute Gasteiger partial charge is 0.107 e. The molecule has 0 amide bonds. The van der Waals surface area contributed by atoms with Crippen molar-refractivity contribution < 1.29 is 4.74 Å². The van der Waals surface area contributed by atoms with Crippen LogP contribution in [-0.4, -0.2) is 35.2 Å². The summed E-state index contributed by atoms with van der Waals surface area (Å²) in [5.41, 5.74) is 1.74. The van der Waals surface area contributed by atoms with Gasteiger partial charge in [-0.15, -0.1) is 11.3 Å². The molecule has 0 bridgehead atoms. The lowest BCUT2D eigenvalue weighted by atomic mass is 9.95. The van der Waals surface area contributed by atoms with Crippen LogP contribution in [0.25, 0.3) is 0 Å². The van der Waals surface area contributed by atoms with Crippen molar-refractivity contribution in [2.45, 2.75) is 57.0 Å². The van der Waals surface area contributed by atoms with Gasteiger partial charge in [0.15, 0.2) is 0 Å². The Bertz CT molecular complexity index is 443. The Hall–Kier alpha value is -0.450. The van der Waals surface area contributed by atoms with E-state index in [4.69, 9.17) is 9.72 Å². The van der Waals surface area contributed by atoms with Gasteiger partial charge in [-0.05, 0) is 32.1 Å². The summed E-state index contributed by atoms with van der Waals surface area (Å²) < 4.78 is 5.78. The summed E-state index contributed by atoms with van der Waals surface area (Å²) in [6, 6.07) is 0. The van der Waals surface area contributed by atoms with Crippen molar-refractivity contribution in [3.05, 3.63) is 15.6 Å². The molecule has 0 unspecified atom stereocenters. The van der Waals surface area contributed by atoms with E-state index in [9.17, 15) is 0 Å². The number of nitrogens with zero attached hydrogens (tertiary/aromatic N) is 2. The molecule has 2 heterocycles. The van der Waals surface area contributed by atoms with Gasteiger partial charge in [0.05, 0.1) is 25.5 Å². The van der Waals surface area contributed by atoms with Gasteiger partial charge in [-0.25, -0.2) is 4.98 Å². The van der Waals surface area contributed by atoms with Crippen molar-refractivity contribution in [2.24, 2.45) is 0 Å². The maximum atomic E-state index is 5.78. The third-order valence-electron chi connectivity index (χ3n) is 5.05. The van der Waals surface area contributed by atoms with Gasteiger partial charge in [-0.3, -0.25) is 4.90 Å². The third kappa shape index (κ3) is 2.14. The van der Waals surface area contributed by atoms with Crippen LogP contribution in [0, 0.1) is 0 Å². The normalized spacial score (nSPS) is 26.1. The fraction of sp³-hybridized carbons (Fsp3) is 0.800. The molecule has 4 rings (SSSR count). The van der Waals surface area contributed by atoms with Crippen LogP contribution in [0.3, 0.4) is 0 Å². The first-order valence-electron chi connectivity index (χ1n) is 7.66. The SMILES string of the molecule is C1Cc2nc(CN3CCOCC34CCCC4)sc2C1. The van der Waals surface area contributed by atoms with Crippen LogP contribution < -0.4 is 0 Å². The standard InChI is InChI=1S/C15H22N2OS/c1-2-7-15(6-1)11-18-9-8-17(15)10-14-16-12-4-3-5-13(12)19-14/h1-11H2. The summed E-state index contributed by atoms with van der Waals surface area (Å²) in [5.74, 6) is 0. The van der Waals surface area contributed by atoms with Crippen LogP contribution in [-0.2, 0) is 24.1 Å². The molecule has 104 valence electrons. The third-order valence-corrected chi connectivity index (χ3v) is 6.19. The van der Waals surface area contributed by atoms with E-state index in [0.29, 0.717) is 5.54 Å². The van der Waals surface area contributed by atoms with Gasteiger partial charge in [0.1, 0.15) is 5.01 Å². The first-order chi connectivity index (χ1) is 9.36. The summed E-state index contributed by atoms with van der Waals surface area (Å²) in [4.78, 5) is 9.11. The lowest BCUT2D eigenvalue weighted by molar-refractivity contribution is -0.0702. The molecule has 3 aliphatic rings. The van der Waals surface area contributed by atoms with Crippen molar-refractivity contribution in [1.29, 1.82) is 0 Å². The van der Waals surface area contributed by atoms with E-state index in [0.717, 1.165) is 26.3 Å². The molecule has 1 saturated carbocycles. The molecule has 1 aliphatic heterocycles. The Morgan fingerprint density at radius 2 is 2.11 bits per heavy atom. The summed E-state index contributed by atoms with van der Waals surface area (Å²) in [6.07, 6.45) is 9.16. The van der Waals surface area contributed by atoms with Crippen LogP contribution >= 0.6 is 11.3 Å². The number of morpholine rings is 1. The molecule has 1 saturated heterocycles. The predicted molar refractivity (Wildman–Crippen MR) is 76.6 cm³/mol. The summed E-state index contributed by atoms with van der Waals surface area (Å²) in [6.45, 7) is 3.98. The number of fused-ring (bicyclic) bond motifs is 1. The topological polar surface area (TPSA) is 25.4 Å². The molecular weight excluding hydrogens is 256 g/mol. The van der Waals surface area contributed by atoms with Crippen LogP contribution in [0.2, 0.25) is 0 Å². The highest BCUT2D eigenvalue weighted by atomic mass is 32.1. The fourth-order valence-corrected chi connectivity index (χ4v) is 5.15. The highest BCUT2D eigenvalue weighted by molar-refractivity contribution is 7.11. The molecule has 0 aromatic carbocycles. The maximum absolute atomic E-state index is 5.78. The molecule has 1 aromatic heterocycles. The van der Waals surface area contributed by atoms with Crippen molar-refractivity contribution >= 4 is 11.3 Å². The quantitative estimate of drug-likeness (QED) is 0.832. The van der Waals surface area contributed by atoms with Gasteiger partial charge < -0.3 is 4.74 Å². The van der Waals surface area contributed by atoms with Crippen LogP contribution in [0.15, 0.2) is 0 Å². The second-order valence-electron chi connectivity index (χ2n) is 6.24. The second kappa shape index (κ2) is 4.83. The molecule has 19 heavy (non-hydrogen) atoms. The summed E-state index contributed by atoms with van der Waals surface area (Å²) >= 11 is 1.96.